The number of carbonyl (C=O) groups is 1. The number of amides is 1. The van der Waals surface area contributed by atoms with Crippen molar-refractivity contribution in [1.82, 2.24) is 4.90 Å². The molecule has 6 heteroatoms. The molecule has 1 spiro atoms. The van der Waals surface area contributed by atoms with Crippen LogP contribution >= 0.6 is 0 Å². The molecule has 0 aromatic heterocycles. The van der Waals surface area contributed by atoms with Crippen molar-refractivity contribution in [1.29, 1.82) is 0 Å². The largest absolute Gasteiger partial charge is 0.485 e. The van der Waals surface area contributed by atoms with Crippen molar-refractivity contribution in [3.05, 3.63) is 95.3 Å². The van der Waals surface area contributed by atoms with Gasteiger partial charge in [-0.25, -0.2) is 9.84 Å². The van der Waals surface area contributed by atoms with Gasteiger partial charge in [0, 0.05) is 18.5 Å². The molecular formula is C31H30N4O2. The fourth-order valence-electron chi connectivity index (χ4n) is 6.06. The summed E-state index contributed by atoms with van der Waals surface area (Å²) < 4.78 is 6.48. The second-order valence-corrected chi connectivity index (χ2v) is 10.3. The number of fused-ring (bicyclic) bond motifs is 2. The molecule has 3 aromatic rings. The minimum Gasteiger partial charge on any atom is -0.485 e. The predicted octanol–water partition coefficient (Wildman–Crippen LogP) is 6.36. The van der Waals surface area contributed by atoms with Gasteiger partial charge in [-0.3, -0.25) is 9.69 Å². The zero-order valence-electron chi connectivity index (χ0n) is 20.8. The third-order valence-corrected chi connectivity index (χ3v) is 8.00. The molecule has 1 fully saturated rings. The van der Waals surface area contributed by atoms with Gasteiger partial charge in [0.2, 0.25) is 0 Å². The number of hydrogen-bond donors (Lipinski definition) is 1. The molecule has 1 amide bonds. The monoisotopic (exact) mass is 490 g/mol. The van der Waals surface area contributed by atoms with Crippen LogP contribution in [0.15, 0.2) is 77.8 Å². The number of carbonyl (C=O) groups excluding carboxylic acids is 1. The third-order valence-electron chi connectivity index (χ3n) is 8.00. The van der Waals surface area contributed by atoms with E-state index in [0.717, 1.165) is 35.1 Å². The van der Waals surface area contributed by atoms with Gasteiger partial charge in [-0.1, -0.05) is 73.9 Å². The number of guanidine groups is 1. The Hall–Kier alpha value is -4.11. The quantitative estimate of drug-likeness (QED) is 0.433. The number of aliphatic imine (C=N–C) groups is 1. The summed E-state index contributed by atoms with van der Waals surface area (Å²) >= 11 is 0. The molecule has 2 heterocycles. The van der Waals surface area contributed by atoms with Crippen molar-refractivity contribution in [2.75, 3.05) is 6.54 Å². The number of ether oxygens (including phenoxy) is 1. The van der Waals surface area contributed by atoms with Crippen LogP contribution in [0.5, 0.6) is 5.75 Å². The molecule has 6 rings (SSSR count). The van der Waals surface area contributed by atoms with E-state index in [0.29, 0.717) is 36.3 Å². The average molecular weight is 491 g/mol. The van der Waals surface area contributed by atoms with Gasteiger partial charge in [0.05, 0.1) is 6.57 Å². The first-order chi connectivity index (χ1) is 18.1. The first-order valence-corrected chi connectivity index (χ1v) is 13.1. The highest BCUT2D eigenvalue weighted by Crippen LogP contribution is 2.51. The number of nitrogens with zero attached hydrogens (tertiary/aromatic N) is 3. The van der Waals surface area contributed by atoms with Crippen molar-refractivity contribution in [2.24, 2.45) is 16.6 Å². The van der Waals surface area contributed by atoms with Crippen molar-refractivity contribution < 1.29 is 9.53 Å². The molecule has 2 aliphatic heterocycles. The van der Waals surface area contributed by atoms with Gasteiger partial charge < -0.3 is 10.5 Å². The molecule has 0 bridgehead atoms. The standard InChI is InChI=1S/C31H30N4O2/c1-33-25-14-8-13-23(17-25)24-15-16-27-26(18-24)31(19-28(37-27)22-11-6-3-7-12-22)29(36)35(30(32)34-31)20-21-9-4-2-5-10-21/h3,6-8,11-18,21,28H,2,4-5,9-10,19-20H2,(H2,32,34). The van der Waals surface area contributed by atoms with Gasteiger partial charge >= 0.3 is 0 Å². The fraction of sp³-hybridized carbons (Fsp3) is 0.323. The maximum Gasteiger partial charge on any atom is 0.262 e. The molecule has 1 aliphatic carbocycles. The maximum absolute atomic E-state index is 14.3. The van der Waals surface area contributed by atoms with E-state index in [2.05, 4.69) is 4.85 Å². The lowest BCUT2D eigenvalue weighted by Crippen LogP contribution is -2.47. The normalized spacial score (nSPS) is 23.3. The van der Waals surface area contributed by atoms with Crippen LogP contribution in [0, 0.1) is 12.5 Å². The minimum atomic E-state index is -1.14. The maximum atomic E-state index is 14.3. The van der Waals surface area contributed by atoms with Gasteiger partial charge in [-0.15, -0.1) is 0 Å². The van der Waals surface area contributed by atoms with Crippen LogP contribution in [0.25, 0.3) is 16.0 Å². The Labute approximate surface area is 217 Å². The minimum absolute atomic E-state index is 0.0619. The van der Waals surface area contributed by atoms with Crippen molar-refractivity contribution >= 4 is 17.6 Å². The van der Waals surface area contributed by atoms with Crippen molar-refractivity contribution in [3.63, 3.8) is 0 Å². The Kier molecular flexibility index (Phi) is 5.92. The van der Waals surface area contributed by atoms with Crippen LogP contribution in [-0.2, 0) is 10.3 Å². The summed E-state index contributed by atoms with van der Waals surface area (Å²) in [5.41, 5.74) is 9.51. The van der Waals surface area contributed by atoms with E-state index in [-0.39, 0.29) is 12.0 Å². The molecule has 0 radical (unpaired) electrons. The van der Waals surface area contributed by atoms with Crippen LogP contribution in [0.3, 0.4) is 0 Å². The smallest absolute Gasteiger partial charge is 0.262 e. The Morgan fingerprint density at radius 1 is 1.00 bits per heavy atom. The summed E-state index contributed by atoms with van der Waals surface area (Å²) in [7, 11) is 0. The first-order valence-electron chi connectivity index (χ1n) is 13.1. The molecule has 3 aromatic carbocycles. The third kappa shape index (κ3) is 4.15. The van der Waals surface area contributed by atoms with E-state index >= 15 is 0 Å². The highest BCUT2D eigenvalue weighted by Gasteiger charge is 2.54. The van der Waals surface area contributed by atoms with Crippen LogP contribution < -0.4 is 10.5 Å². The van der Waals surface area contributed by atoms with Crippen LogP contribution in [-0.4, -0.2) is 23.3 Å². The number of nitrogens with two attached hydrogens (primary N) is 1. The zero-order chi connectivity index (χ0) is 25.4. The topological polar surface area (TPSA) is 72.3 Å². The van der Waals surface area contributed by atoms with Crippen LogP contribution in [0.2, 0.25) is 0 Å². The summed E-state index contributed by atoms with van der Waals surface area (Å²) in [5.74, 6) is 1.34. The molecule has 3 aliphatic rings. The predicted molar refractivity (Wildman–Crippen MR) is 144 cm³/mol. The highest BCUT2D eigenvalue weighted by atomic mass is 16.5. The SMILES string of the molecule is [C-]#[N+]c1cccc(-c2ccc3c(c2)C2(CC(c4ccccc4)O3)N=C(N)N(CC3CCCCC3)C2=O)c1. The Morgan fingerprint density at radius 2 is 1.78 bits per heavy atom. The lowest BCUT2D eigenvalue weighted by Gasteiger charge is -2.37. The Balaban J connectivity index is 1.44. The van der Waals surface area contributed by atoms with Gasteiger partial charge in [0.15, 0.2) is 17.2 Å². The molecule has 1 saturated carbocycles. The number of benzene rings is 3. The van der Waals surface area contributed by atoms with Gasteiger partial charge in [0.25, 0.3) is 5.91 Å². The molecule has 2 atom stereocenters. The summed E-state index contributed by atoms with van der Waals surface area (Å²) in [6.07, 6.45) is 5.98. The molecule has 2 N–H and O–H groups in total. The molecule has 186 valence electrons. The Bertz CT molecular complexity index is 1400. The van der Waals surface area contributed by atoms with Crippen molar-refractivity contribution in [2.45, 2.75) is 50.2 Å². The molecule has 0 saturated heterocycles. The molecular weight excluding hydrogens is 460 g/mol. The van der Waals surface area contributed by atoms with E-state index in [1.807, 2.05) is 66.7 Å². The summed E-state index contributed by atoms with van der Waals surface area (Å²) in [6.45, 7) is 8.01. The fourth-order valence-corrected chi connectivity index (χ4v) is 6.06. The van der Waals surface area contributed by atoms with E-state index in [1.54, 1.807) is 11.0 Å². The summed E-state index contributed by atoms with van der Waals surface area (Å²) in [5, 5.41) is 0. The first kappa shape index (κ1) is 23.3. The van der Waals surface area contributed by atoms with Crippen LogP contribution in [0.4, 0.5) is 5.69 Å². The zero-order valence-corrected chi connectivity index (χ0v) is 20.8. The van der Waals surface area contributed by atoms with E-state index < -0.39 is 5.54 Å². The summed E-state index contributed by atoms with van der Waals surface area (Å²) in [4.78, 5) is 24.5. The average Bonchev–Trinajstić information content (AvgIpc) is 3.18. The molecule has 6 nitrogen and oxygen atoms in total. The van der Waals surface area contributed by atoms with E-state index in [4.69, 9.17) is 22.0 Å². The second kappa shape index (κ2) is 9.40. The lowest BCUT2D eigenvalue weighted by atomic mass is 9.79. The van der Waals surface area contributed by atoms with Gasteiger partial charge in [0.1, 0.15) is 11.9 Å². The van der Waals surface area contributed by atoms with Crippen LogP contribution in [0.1, 0.15) is 55.8 Å². The van der Waals surface area contributed by atoms with Gasteiger partial charge in [-0.2, -0.15) is 0 Å². The lowest BCUT2D eigenvalue weighted by molar-refractivity contribution is -0.133. The number of hydrogen-bond acceptors (Lipinski definition) is 4. The van der Waals surface area contributed by atoms with E-state index in [9.17, 15) is 4.79 Å². The number of rotatable bonds is 4. The second-order valence-electron chi connectivity index (χ2n) is 10.3. The Morgan fingerprint density at radius 3 is 2.57 bits per heavy atom. The molecule has 2 unspecified atom stereocenters. The molecule has 37 heavy (non-hydrogen) atoms. The van der Waals surface area contributed by atoms with Gasteiger partial charge in [-0.05, 0) is 53.6 Å². The van der Waals surface area contributed by atoms with E-state index in [1.165, 1.54) is 19.3 Å². The highest BCUT2D eigenvalue weighted by molar-refractivity contribution is 6.07. The summed E-state index contributed by atoms with van der Waals surface area (Å²) in [6, 6.07) is 23.4. The van der Waals surface area contributed by atoms with Crippen molar-refractivity contribution in [3.8, 4) is 16.9 Å².